The highest BCUT2D eigenvalue weighted by molar-refractivity contribution is 5.99. The van der Waals surface area contributed by atoms with Gasteiger partial charge in [-0.25, -0.2) is 14.6 Å². The normalized spacial score (nSPS) is 11.4. The van der Waals surface area contributed by atoms with Crippen molar-refractivity contribution in [3.8, 4) is 0 Å². The van der Waals surface area contributed by atoms with Crippen molar-refractivity contribution >= 4 is 11.9 Å². The van der Waals surface area contributed by atoms with Crippen LogP contribution in [0.15, 0.2) is 30.6 Å². The first-order valence-corrected chi connectivity index (χ1v) is 5.88. The molecule has 0 atom stereocenters. The Morgan fingerprint density at radius 3 is 2.41 bits per heavy atom. The number of benzene rings is 1. The summed E-state index contributed by atoms with van der Waals surface area (Å²) in [7, 11) is 0. The Kier molecular flexibility index (Phi) is 3.89. The standard InChI is InChI=1S/C13H9F3N2O4/c14-13(15,16)8-3-1-2-7(4-8)5-18-6-17-9(11(19)20)10(18)12(21)22/h1-4,6H,5H2,(H,19,20)(H,21,22). The van der Waals surface area contributed by atoms with E-state index in [0.29, 0.717) is 0 Å². The van der Waals surface area contributed by atoms with E-state index in [1.807, 2.05) is 0 Å². The van der Waals surface area contributed by atoms with Gasteiger partial charge in [-0.05, 0) is 17.7 Å². The smallest absolute Gasteiger partial charge is 0.416 e. The van der Waals surface area contributed by atoms with E-state index in [9.17, 15) is 22.8 Å². The molecule has 0 amide bonds. The molecule has 0 fully saturated rings. The van der Waals surface area contributed by atoms with Crippen LogP contribution in [0.1, 0.15) is 32.1 Å². The highest BCUT2D eigenvalue weighted by atomic mass is 19.4. The van der Waals surface area contributed by atoms with Gasteiger partial charge in [-0.15, -0.1) is 0 Å². The molecule has 2 rings (SSSR count). The van der Waals surface area contributed by atoms with Crippen LogP contribution >= 0.6 is 0 Å². The number of rotatable bonds is 4. The molecule has 0 aliphatic heterocycles. The number of halogens is 3. The first kappa shape index (κ1) is 15.5. The lowest BCUT2D eigenvalue weighted by atomic mass is 10.1. The number of hydrogen-bond donors (Lipinski definition) is 2. The number of hydrogen-bond acceptors (Lipinski definition) is 3. The molecular formula is C13H9F3N2O4. The van der Waals surface area contributed by atoms with Crippen LogP contribution in [0.3, 0.4) is 0 Å². The fourth-order valence-electron chi connectivity index (χ4n) is 1.93. The summed E-state index contributed by atoms with van der Waals surface area (Å²) in [5.41, 5.74) is -1.96. The second-order valence-electron chi connectivity index (χ2n) is 4.38. The number of carboxylic acid groups (broad SMARTS) is 2. The molecule has 0 unspecified atom stereocenters. The molecule has 0 radical (unpaired) electrons. The Balaban J connectivity index is 2.40. The summed E-state index contributed by atoms with van der Waals surface area (Å²) in [5.74, 6) is -3.05. The van der Waals surface area contributed by atoms with E-state index in [1.165, 1.54) is 12.1 Å². The molecule has 0 saturated carbocycles. The number of carboxylic acids is 2. The number of nitrogens with zero attached hydrogens (tertiary/aromatic N) is 2. The summed E-state index contributed by atoms with van der Waals surface area (Å²) in [5, 5.41) is 17.9. The average molecular weight is 314 g/mol. The Bertz CT molecular complexity index is 737. The van der Waals surface area contributed by atoms with Gasteiger partial charge in [0, 0.05) is 6.54 Å². The van der Waals surface area contributed by atoms with Crippen LogP contribution in [0.5, 0.6) is 0 Å². The van der Waals surface area contributed by atoms with Crippen molar-refractivity contribution in [2.75, 3.05) is 0 Å². The molecular weight excluding hydrogens is 305 g/mol. The van der Waals surface area contributed by atoms with E-state index in [4.69, 9.17) is 10.2 Å². The molecule has 0 bridgehead atoms. The number of carbonyl (C=O) groups is 2. The highest BCUT2D eigenvalue weighted by Gasteiger charge is 2.30. The number of alkyl halides is 3. The van der Waals surface area contributed by atoms with Crippen LogP contribution in [-0.4, -0.2) is 31.7 Å². The third-order valence-corrected chi connectivity index (χ3v) is 2.85. The number of aromatic carboxylic acids is 2. The molecule has 0 aliphatic carbocycles. The van der Waals surface area contributed by atoms with Gasteiger partial charge in [0.25, 0.3) is 0 Å². The summed E-state index contributed by atoms with van der Waals surface area (Å²) in [6, 6.07) is 4.32. The van der Waals surface area contributed by atoms with Crippen LogP contribution < -0.4 is 0 Å². The van der Waals surface area contributed by atoms with E-state index >= 15 is 0 Å². The van der Waals surface area contributed by atoms with Gasteiger partial charge < -0.3 is 14.8 Å². The third-order valence-electron chi connectivity index (χ3n) is 2.85. The summed E-state index contributed by atoms with van der Waals surface area (Å²) in [6.07, 6.45) is -3.56. The van der Waals surface area contributed by atoms with Crippen molar-refractivity contribution in [2.24, 2.45) is 0 Å². The fourth-order valence-corrected chi connectivity index (χ4v) is 1.93. The van der Waals surface area contributed by atoms with E-state index in [0.717, 1.165) is 23.0 Å². The Morgan fingerprint density at radius 2 is 1.86 bits per heavy atom. The van der Waals surface area contributed by atoms with Gasteiger partial charge in [0.1, 0.15) is 0 Å². The molecule has 0 saturated heterocycles. The predicted octanol–water partition coefficient (Wildman–Crippen LogP) is 2.35. The molecule has 2 N–H and O–H groups in total. The molecule has 0 spiro atoms. The second-order valence-corrected chi connectivity index (χ2v) is 4.38. The lowest BCUT2D eigenvalue weighted by Crippen LogP contribution is -2.14. The second kappa shape index (κ2) is 5.51. The summed E-state index contributed by atoms with van der Waals surface area (Å²) >= 11 is 0. The van der Waals surface area contributed by atoms with Gasteiger partial charge in [-0.3, -0.25) is 0 Å². The molecule has 1 aromatic heterocycles. The van der Waals surface area contributed by atoms with Gasteiger partial charge in [0.05, 0.1) is 11.9 Å². The Morgan fingerprint density at radius 1 is 1.18 bits per heavy atom. The van der Waals surface area contributed by atoms with E-state index < -0.39 is 35.1 Å². The summed E-state index contributed by atoms with van der Waals surface area (Å²) < 4.78 is 38.9. The summed E-state index contributed by atoms with van der Waals surface area (Å²) in [6.45, 7) is -0.244. The van der Waals surface area contributed by atoms with Gasteiger partial charge in [-0.2, -0.15) is 13.2 Å². The van der Waals surface area contributed by atoms with E-state index in [1.54, 1.807) is 0 Å². The maximum absolute atomic E-state index is 12.6. The molecule has 116 valence electrons. The zero-order valence-electron chi connectivity index (χ0n) is 10.8. The van der Waals surface area contributed by atoms with Crippen LogP contribution in [0.4, 0.5) is 13.2 Å². The average Bonchev–Trinajstić information content (AvgIpc) is 2.82. The minimum atomic E-state index is -4.52. The minimum absolute atomic E-state index is 0.173. The van der Waals surface area contributed by atoms with E-state index in [-0.39, 0.29) is 12.1 Å². The molecule has 0 aliphatic rings. The zero-order chi connectivity index (χ0) is 16.5. The maximum atomic E-state index is 12.6. The topological polar surface area (TPSA) is 92.4 Å². The van der Waals surface area contributed by atoms with Crippen molar-refractivity contribution < 1.29 is 33.0 Å². The molecule has 9 heteroatoms. The van der Waals surface area contributed by atoms with Crippen molar-refractivity contribution in [3.05, 3.63) is 53.1 Å². The van der Waals surface area contributed by atoms with Crippen molar-refractivity contribution in [3.63, 3.8) is 0 Å². The first-order valence-electron chi connectivity index (χ1n) is 5.88. The van der Waals surface area contributed by atoms with Crippen LogP contribution in [0.2, 0.25) is 0 Å². The first-order chi connectivity index (χ1) is 10.2. The van der Waals surface area contributed by atoms with Crippen LogP contribution in [0.25, 0.3) is 0 Å². The molecule has 1 aromatic carbocycles. The monoisotopic (exact) mass is 314 g/mol. The SMILES string of the molecule is O=C(O)c1ncn(Cc2cccc(C(F)(F)F)c2)c1C(=O)O. The zero-order valence-corrected chi connectivity index (χ0v) is 10.8. The molecule has 6 nitrogen and oxygen atoms in total. The number of imidazole rings is 1. The van der Waals surface area contributed by atoms with Gasteiger partial charge in [-0.1, -0.05) is 12.1 Å². The highest BCUT2D eigenvalue weighted by Crippen LogP contribution is 2.29. The molecule has 22 heavy (non-hydrogen) atoms. The molecule has 2 aromatic rings. The Labute approximate surface area is 121 Å². The van der Waals surface area contributed by atoms with Crippen LogP contribution in [-0.2, 0) is 12.7 Å². The quantitative estimate of drug-likeness (QED) is 0.903. The fraction of sp³-hybridized carbons (Fsp3) is 0.154. The lowest BCUT2D eigenvalue weighted by Gasteiger charge is -2.10. The van der Waals surface area contributed by atoms with Crippen LogP contribution in [0, 0.1) is 0 Å². The van der Waals surface area contributed by atoms with Gasteiger partial charge in [0.15, 0.2) is 11.4 Å². The van der Waals surface area contributed by atoms with Crippen molar-refractivity contribution in [2.45, 2.75) is 12.7 Å². The van der Waals surface area contributed by atoms with Crippen molar-refractivity contribution in [1.29, 1.82) is 0 Å². The molecule has 1 heterocycles. The predicted molar refractivity (Wildman–Crippen MR) is 66.7 cm³/mol. The maximum Gasteiger partial charge on any atom is 0.416 e. The largest absolute Gasteiger partial charge is 0.476 e. The third kappa shape index (κ3) is 3.08. The Hall–Kier alpha value is -2.84. The van der Waals surface area contributed by atoms with Gasteiger partial charge >= 0.3 is 18.1 Å². The van der Waals surface area contributed by atoms with E-state index in [2.05, 4.69) is 4.98 Å². The van der Waals surface area contributed by atoms with Crippen molar-refractivity contribution in [1.82, 2.24) is 9.55 Å². The van der Waals surface area contributed by atoms with Gasteiger partial charge in [0.2, 0.25) is 0 Å². The lowest BCUT2D eigenvalue weighted by molar-refractivity contribution is -0.137. The number of aromatic nitrogens is 2. The minimum Gasteiger partial charge on any atom is -0.476 e. The summed E-state index contributed by atoms with van der Waals surface area (Å²) in [4.78, 5) is 25.5.